The Labute approximate surface area is 288 Å². The minimum atomic E-state index is -0.0415. The highest BCUT2D eigenvalue weighted by Gasteiger charge is 2.02. The molecule has 0 bridgehead atoms. The van der Waals surface area contributed by atoms with Crippen LogP contribution in [0.2, 0.25) is 0 Å². The summed E-state index contributed by atoms with van der Waals surface area (Å²) in [6, 6.07) is 0. The summed E-state index contributed by atoms with van der Waals surface area (Å²) >= 11 is 0. The van der Waals surface area contributed by atoms with Crippen LogP contribution in [-0.2, 0) is 19.1 Å². The minimum absolute atomic E-state index is 0.0129. The van der Waals surface area contributed by atoms with E-state index in [0.717, 1.165) is 38.5 Å². The lowest BCUT2D eigenvalue weighted by atomic mass is 10.1. The average molecular weight is 649 g/mol. The van der Waals surface area contributed by atoms with Crippen LogP contribution in [0.4, 0.5) is 0 Å². The molecule has 4 nitrogen and oxygen atoms in total. The molecule has 272 valence electrons. The number of unbranched alkanes of at least 4 members (excludes halogenated alkanes) is 23. The highest BCUT2D eigenvalue weighted by atomic mass is 16.5. The van der Waals surface area contributed by atoms with Gasteiger partial charge in [-0.2, -0.15) is 0 Å². The summed E-state index contributed by atoms with van der Waals surface area (Å²) in [5.41, 5.74) is 0. The van der Waals surface area contributed by atoms with Gasteiger partial charge in [-0.1, -0.05) is 154 Å². The van der Waals surface area contributed by atoms with E-state index in [1.807, 2.05) is 6.92 Å². The zero-order chi connectivity index (χ0) is 34.0. The normalized spacial score (nSPS) is 11.2. The molecule has 0 aromatic carbocycles. The molecule has 0 saturated heterocycles. The van der Waals surface area contributed by atoms with Crippen LogP contribution in [0.25, 0.3) is 0 Å². The second-order valence-electron chi connectivity index (χ2n) is 13.0. The van der Waals surface area contributed by atoms with Crippen molar-refractivity contribution in [2.45, 2.75) is 220 Å². The van der Waals surface area contributed by atoms with Gasteiger partial charge in [-0.25, -0.2) is 0 Å². The van der Waals surface area contributed by atoms with Crippen molar-refractivity contribution in [1.29, 1.82) is 0 Å². The summed E-state index contributed by atoms with van der Waals surface area (Å²) in [5, 5.41) is 0. The van der Waals surface area contributed by atoms with Crippen LogP contribution < -0.4 is 0 Å². The summed E-state index contributed by atoms with van der Waals surface area (Å²) in [6.45, 7) is 9.61. The third-order valence-electron chi connectivity index (χ3n) is 8.35. The lowest BCUT2D eigenvalue weighted by Gasteiger charge is -2.03. The first kappa shape index (κ1) is 46.5. The van der Waals surface area contributed by atoms with Gasteiger partial charge in [0.1, 0.15) is 0 Å². The van der Waals surface area contributed by atoms with Crippen LogP contribution in [-0.4, -0.2) is 25.2 Å². The van der Waals surface area contributed by atoms with Crippen LogP contribution in [0, 0.1) is 0 Å². The van der Waals surface area contributed by atoms with Crippen LogP contribution in [0.3, 0.4) is 0 Å². The van der Waals surface area contributed by atoms with Gasteiger partial charge in [-0.15, -0.1) is 0 Å². The molecule has 0 aliphatic heterocycles. The molecule has 0 aliphatic carbocycles. The first-order chi connectivity index (χ1) is 22.6. The number of ether oxygens (including phenoxy) is 2. The van der Waals surface area contributed by atoms with E-state index in [0.29, 0.717) is 26.1 Å². The maximum absolute atomic E-state index is 11.4. The van der Waals surface area contributed by atoms with E-state index >= 15 is 0 Å². The number of allylic oxidation sites excluding steroid dienone is 4. The maximum Gasteiger partial charge on any atom is 0.305 e. The van der Waals surface area contributed by atoms with Gasteiger partial charge in [0.25, 0.3) is 0 Å². The summed E-state index contributed by atoms with van der Waals surface area (Å²) in [5.74, 6) is -0.0544. The van der Waals surface area contributed by atoms with Crippen LogP contribution >= 0.6 is 0 Å². The lowest BCUT2D eigenvalue weighted by molar-refractivity contribution is -0.144. The number of hydrogen-bond donors (Lipinski definition) is 0. The Morgan fingerprint density at radius 3 is 1.02 bits per heavy atom. The molecule has 0 N–H and O–H groups in total. The van der Waals surface area contributed by atoms with Crippen molar-refractivity contribution in [1.82, 2.24) is 0 Å². The quantitative estimate of drug-likeness (QED) is 0.0396. The average Bonchev–Trinajstić information content (AvgIpc) is 3.05. The van der Waals surface area contributed by atoms with Crippen molar-refractivity contribution >= 4 is 11.9 Å². The summed E-state index contributed by atoms with van der Waals surface area (Å²) < 4.78 is 10.1. The van der Waals surface area contributed by atoms with Gasteiger partial charge in [0.05, 0.1) is 13.2 Å². The third kappa shape index (κ3) is 44.5. The first-order valence-corrected chi connectivity index (χ1v) is 20.2. The SMILES string of the molecule is CCCCCCCC/C=C\CCCCCCCC(=O)OCC.CCCCCCCC/C=C\CCCCCCCC(=O)OCCCC. The van der Waals surface area contributed by atoms with Crippen molar-refractivity contribution in [2.75, 3.05) is 13.2 Å². The molecule has 46 heavy (non-hydrogen) atoms. The van der Waals surface area contributed by atoms with Crippen LogP contribution in [0.5, 0.6) is 0 Å². The van der Waals surface area contributed by atoms with Gasteiger partial charge in [0, 0.05) is 12.8 Å². The first-order valence-electron chi connectivity index (χ1n) is 20.2. The minimum Gasteiger partial charge on any atom is -0.466 e. The number of hydrogen-bond acceptors (Lipinski definition) is 4. The molecule has 0 spiro atoms. The van der Waals surface area contributed by atoms with Gasteiger partial charge < -0.3 is 9.47 Å². The zero-order valence-electron chi connectivity index (χ0n) is 31.6. The van der Waals surface area contributed by atoms with E-state index in [9.17, 15) is 9.59 Å². The van der Waals surface area contributed by atoms with E-state index in [4.69, 9.17) is 9.47 Å². The molecule has 0 rings (SSSR count). The fourth-order valence-corrected chi connectivity index (χ4v) is 5.32. The Hall–Kier alpha value is -1.58. The van der Waals surface area contributed by atoms with Gasteiger partial charge in [0.2, 0.25) is 0 Å². The predicted octanol–water partition coefficient (Wildman–Crippen LogP) is 14.0. The summed E-state index contributed by atoms with van der Waals surface area (Å²) in [4.78, 5) is 22.6. The fraction of sp³-hybridized carbons (Fsp3) is 0.857. The summed E-state index contributed by atoms with van der Waals surface area (Å²) in [6.07, 6.45) is 46.1. The molecule has 0 atom stereocenters. The Bertz CT molecular complexity index is 654. The van der Waals surface area contributed by atoms with E-state index in [1.54, 1.807) is 0 Å². The second kappa shape index (κ2) is 43.4. The molecule has 0 saturated carbocycles. The number of carbonyl (C=O) groups is 2. The van der Waals surface area contributed by atoms with Crippen molar-refractivity contribution in [3.8, 4) is 0 Å². The Morgan fingerprint density at radius 2 is 0.674 bits per heavy atom. The standard InChI is InChI=1S/C22H42O2.C20H38O2/c1-3-5-7-8-9-10-11-12-13-14-15-16-17-18-19-20-22(23)24-21-6-4-2;1-3-5-6-7-8-9-10-11-12-13-14-15-16-17-18-19-20(21)22-4-2/h12-13H,3-11,14-21H2,1-2H3;11-12H,3-10,13-19H2,1-2H3/b13-12-;12-11-. The Balaban J connectivity index is 0. The molecule has 0 radical (unpaired) electrons. The molecule has 0 fully saturated rings. The number of carbonyl (C=O) groups excluding carboxylic acids is 2. The monoisotopic (exact) mass is 649 g/mol. The Morgan fingerprint density at radius 1 is 0.370 bits per heavy atom. The third-order valence-corrected chi connectivity index (χ3v) is 8.35. The van der Waals surface area contributed by atoms with Crippen molar-refractivity contribution in [3.05, 3.63) is 24.3 Å². The van der Waals surface area contributed by atoms with E-state index in [1.165, 1.54) is 141 Å². The molecule has 0 aromatic rings. The zero-order valence-corrected chi connectivity index (χ0v) is 31.6. The van der Waals surface area contributed by atoms with E-state index < -0.39 is 0 Å². The summed E-state index contributed by atoms with van der Waals surface area (Å²) in [7, 11) is 0. The molecular formula is C42H80O4. The van der Waals surface area contributed by atoms with Gasteiger partial charge in [-0.05, 0) is 77.6 Å². The predicted molar refractivity (Wildman–Crippen MR) is 201 cm³/mol. The molecule has 4 heteroatoms. The van der Waals surface area contributed by atoms with E-state index in [2.05, 4.69) is 45.1 Å². The van der Waals surface area contributed by atoms with E-state index in [-0.39, 0.29) is 11.9 Å². The molecular weight excluding hydrogens is 568 g/mol. The largest absolute Gasteiger partial charge is 0.466 e. The topological polar surface area (TPSA) is 52.6 Å². The highest BCUT2D eigenvalue weighted by molar-refractivity contribution is 5.69. The lowest BCUT2D eigenvalue weighted by Crippen LogP contribution is -2.05. The van der Waals surface area contributed by atoms with Crippen LogP contribution in [0.1, 0.15) is 220 Å². The number of rotatable bonds is 34. The second-order valence-corrected chi connectivity index (χ2v) is 13.0. The number of esters is 2. The van der Waals surface area contributed by atoms with Crippen LogP contribution in [0.15, 0.2) is 24.3 Å². The van der Waals surface area contributed by atoms with Crippen molar-refractivity contribution in [3.63, 3.8) is 0 Å². The molecule has 0 amide bonds. The fourth-order valence-electron chi connectivity index (χ4n) is 5.32. The van der Waals surface area contributed by atoms with Crippen molar-refractivity contribution in [2.24, 2.45) is 0 Å². The molecule has 0 unspecified atom stereocenters. The molecule has 0 heterocycles. The maximum atomic E-state index is 11.4. The Kier molecular flexibility index (Phi) is 43.9. The van der Waals surface area contributed by atoms with Crippen molar-refractivity contribution < 1.29 is 19.1 Å². The van der Waals surface area contributed by atoms with Gasteiger partial charge in [0.15, 0.2) is 0 Å². The highest BCUT2D eigenvalue weighted by Crippen LogP contribution is 2.12. The smallest absolute Gasteiger partial charge is 0.305 e. The van der Waals surface area contributed by atoms with Gasteiger partial charge in [-0.3, -0.25) is 9.59 Å². The molecule has 0 aliphatic rings. The molecule has 0 aromatic heterocycles. The van der Waals surface area contributed by atoms with Gasteiger partial charge >= 0.3 is 11.9 Å².